The summed E-state index contributed by atoms with van der Waals surface area (Å²) in [6.45, 7) is 2.72. The molecule has 172 valence electrons. The second kappa shape index (κ2) is 9.33. The number of alkyl halides is 3. The molecule has 1 heterocycles. The number of anilines is 1. The molecular formula is C21H17ClF3N5O3. The smallest absolute Gasteiger partial charge is 0.320 e. The van der Waals surface area contributed by atoms with E-state index in [1.165, 1.54) is 31.2 Å². The summed E-state index contributed by atoms with van der Waals surface area (Å²) in [5.74, 6) is -2.28. The zero-order valence-corrected chi connectivity index (χ0v) is 18.0. The van der Waals surface area contributed by atoms with Crippen LogP contribution in [0, 0.1) is 6.92 Å². The first-order valence-electron chi connectivity index (χ1n) is 9.38. The van der Waals surface area contributed by atoms with Crippen molar-refractivity contribution in [3.8, 4) is 5.69 Å². The molecule has 1 aromatic heterocycles. The highest BCUT2D eigenvalue weighted by atomic mass is 35.5. The van der Waals surface area contributed by atoms with Crippen LogP contribution in [0.3, 0.4) is 0 Å². The Morgan fingerprint density at radius 3 is 2.27 bits per heavy atom. The van der Waals surface area contributed by atoms with Crippen molar-refractivity contribution in [2.45, 2.75) is 20.0 Å². The Balaban J connectivity index is 2.04. The van der Waals surface area contributed by atoms with Crippen molar-refractivity contribution in [3.05, 3.63) is 76.1 Å². The number of amides is 3. The number of carbonyl (C=O) groups is 3. The molecule has 0 saturated heterocycles. The van der Waals surface area contributed by atoms with Gasteiger partial charge in [0.05, 0.1) is 16.9 Å². The Hall–Kier alpha value is -3.86. The molecule has 2 aromatic carbocycles. The van der Waals surface area contributed by atoms with E-state index in [0.717, 1.165) is 4.68 Å². The molecule has 0 aliphatic carbocycles. The summed E-state index contributed by atoms with van der Waals surface area (Å²) in [4.78, 5) is 36.7. The van der Waals surface area contributed by atoms with Gasteiger partial charge in [-0.05, 0) is 36.8 Å². The fraction of sp³-hybridized carbons (Fsp3) is 0.143. The first-order valence-corrected chi connectivity index (χ1v) is 9.76. The van der Waals surface area contributed by atoms with Crippen molar-refractivity contribution in [2.24, 2.45) is 0 Å². The van der Waals surface area contributed by atoms with E-state index in [-0.39, 0.29) is 22.0 Å². The third kappa shape index (κ3) is 5.50. The summed E-state index contributed by atoms with van der Waals surface area (Å²) in [6.07, 6.45) is -4.78. The van der Waals surface area contributed by atoms with Crippen LogP contribution in [0.2, 0.25) is 5.02 Å². The van der Waals surface area contributed by atoms with Crippen molar-refractivity contribution >= 4 is 35.0 Å². The van der Waals surface area contributed by atoms with Gasteiger partial charge in [-0.25, -0.2) is 4.68 Å². The molecule has 3 rings (SSSR count). The second-order valence-corrected chi connectivity index (χ2v) is 7.33. The van der Waals surface area contributed by atoms with Crippen molar-refractivity contribution < 1.29 is 27.6 Å². The van der Waals surface area contributed by atoms with Gasteiger partial charge >= 0.3 is 6.18 Å². The van der Waals surface area contributed by atoms with E-state index < -0.39 is 35.3 Å². The maximum Gasteiger partial charge on any atom is 0.435 e. The maximum atomic E-state index is 13.3. The molecule has 3 amide bonds. The number of aryl methyl sites for hydroxylation is 1. The Bertz CT molecular complexity index is 1230. The minimum absolute atomic E-state index is 0.00150. The highest BCUT2D eigenvalue weighted by Gasteiger charge is 2.36. The van der Waals surface area contributed by atoms with E-state index >= 15 is 0 Å². The predicted octanol–water partition coefficient (Wildman–Crippen LogP) is 3.89. The lowest BCUT2D eigenvalue weighted by atomic mass is 10.1. The summed E-state index contributed by atoms with van der Waals surface area (Å²) in [6, 6.07) is 11.1. The average Bonchev–Trinajstić information content (AvgIpc) is 3.20. The number of hydrazine groups is 1. The summed E-state index contributed by atoms with van der Waals surface area (Å²) < 4.78 is 40.8. The molecule has 33 heavy (non-hydrogen) atoms. The molecule has 8 nitrogen and oxygen atoms in total. The Morgan fingerprint density at radius 2 is 1.67 bits per heavy atom. The van der Waals surface area contributed by atoms with Gasteiger partial charge in [0.2, 0.25) is 5.91 Å². The quantitative estimate of drug-likeness (QED) is 0.494. The lowest BCUT2D eigenvalue weighted by Crippen LogP contribution is -2.40. The lowest BCUT2D eigenvalue weighted by Gasteiger charge is -2.15. The van der Waals surface area contributed by atoms with Gasteiger partial charge in [-0.2, -0.15) is 18.3 Å². The molecule has 3 aromatic rings. The number of benzene rings is 2. The summed E-state index contributed by atoms with van der Waals surface area (Å²) in [5, 5.41) is 6.18. The average molecular weight is 480 g/mol. The monoisotopic (exact) mass is 479 g/mol. The minimum Gasteiger partial charge on any atom is -0.320 e. The lowest BCUT2D eigenvalue weighted by molar-refractivity contribution is -0.141. The maximum absolute atomic E-state index is 13.3. The van der Waals surface area contributed by atoms with Gasteiger partial charge in [0.25, 0.3) is 11.8 Å². The van der Waals surface area contributed by atoms with Crippen LogP contribution in [-0.4, -0.2) is 27.5 Å². The zero-order chi connectivity index (χ0) is 24.3. The van der Waals surface area contributed by atoms with E-state index in [1.54, 1.807) is 25.1 Å². The molecular weight excluding hydrogens is 463 g/mol. The molecule has 0 atom stereocenters. The zero-order valence-electron chi connectivity index (χ0n) is 17.2. The number of hydrogen-bond donors (Lipinski definition) is 3. The molecule has 3 N–H and O–H groups in total. The standard InChI is InChI=1S/C21H17ClF3N5O3/c1-11-8-13(22)9-15(19(32)28-27-12(2)31)18(11)26-20(33)16-10-17(21(23,24)25)29-30(16)14-6-4-3-5-7-14/h3-10H,1-2H3,(H,26,33)(H,27,31)(H,28,32). The topological polar surface area (TPSA) is 105 Å². The molecule has 0 radical (unpaired) electrons. The van der Waals surface area contributed by atoms with Crippen LogP contribution in [0.5, 0.6) is 0 Å². The number of nitrogens with zero attached hydrogens (tertiary/aromatic N) is 2. The van der Waals surface area contributed by atoms with Gasteiger partial charge in [0.15, 0.2) is 5.69 Å². The van der Waals surface area contributed by atoms with Crippen molar-refractivity contribution in [2.75, 3.05) is 5.32 Å². The first kappa shape index (κ1) is 23.8. The first-order chi connectivity index (χ1) is 15.5. The molecule has 0 bridgehead atoms. The minimum atomic E-state index is -4.78. The number of aromatic nitrogens is 2. The van der Waals surface area contributed by atoms with E-state index in [1.807, 2.05) is 0 Å². The Labute approximate surface area is 190 Å². The number of nitrogens with one attached hydrogen (secondary N) is 3. The van der Waals surface area contributed by atoms with Gasteiger partial charge < -0.3 is 5.32 Å². The third-order valence-corrected chi connectivity index (χ3v) is 4.59. The van der Waals surface area contributed by atoms with Crippen LogP contribution in [0.15, 0.2) is 48.5 Å². The Kier molecular flexibility index (Phi) is 6.73. The highest BCUT2D eigenvalue weighted by molar-refractivity contribution is 6.31. The van der Waals surface area contributed by atoms with Crippen LogP contribution in [-0.2, 0) is 11.0 Å². The Morgan fingerprint density at radius 1 is 1.00 bits per heavy atom. The van der Waals surface area contributed by atoms with Crippen LogP contribution < -0.4 is 16.2 Å². The largest absolute Gasteiger partial charge is 0.435 e. The number of para-hydroxylation sites is 1. The van der Waals surface area contributed by atoms with Gasteiger partial charge in [0.1, 0.15) is 5.69 Å². The fourth-order valence-electron chi connectivity index (χ4n) is 2.93. The summed E-state index contributed by atoms with van der Waals surface area (Å²) in [7, 11) is 0. The van der Waals surface area contributed by atoms with E-state index in [4.69, 9.17) is 11.6 Å². The van der Waals surface area contributed by atoms with Crippen LogP contribution in [0.4, 0.5) is 18.9 Å². The SMILES string of the molecule is CC(=O)NNC(=O)c1cc(Cl)cc(C)c1NC(=O)c1cc(C(F)(F)F)nn1-c1ccccc1. The van der Waals surface area contributed by atoms with Crippen molar-refractivity contribution in [1.82, 2.24) is 20.6 Å². The number of halogens is 4. The van der Waals surface area contributed by atoms with Crippen LogP contribution in [0.1, 0.15) is 39.0 Å². The van der Waals surface area contributed by atoms with Crippen LogP contribution in [0.25, 0.3) is 5.69 Å². The van der Waals surface area contributed by atoms with Gasteiger partial charge in [-0.1, -0.05) is 29.8 Å². The highest BCUT2D eigenvalue weighted by Crippen LogP contribution is 2.31. The number of hydrogen-bond acceptors (Lipinski definition) is 4. The van der Waals surface area contributed by atoms with E-state index in [2.05, 4.69) is 21.3 Å². The molecule has 0 fully saturated rings. The summed E-state index contributed by atoms with van der Waals surface area (Å²) >= 11 is 6.02. The van der Waals surface area contributed by atoms with Crippen LogP contribution >= 0.6 is 11.6 Å². The molecule has 0 saturated carbocycles. The molecule has 0 spiro atoms. The van der Waals surface area contributed by atoms with Gasteiger partial charge in [-0.15, -0.1) is 0 Å². The number of carbonyl (C=O) groups excluding carboxylic acids is 3. The van der Waals surface area contributed by atoms with Gasteiger partial charge in [0, 0.05) is 18.0 Å². The second-order valence-electron chi connectivity index (χ2n) is 6.89. The van der Waals surface area contributed by atoms with E-state index in [9.17, 15) is 27.6 Å². The predicted molar refractivity (Wildman–Crippen MR) is 114 cm³/mol. The number of rotatable bonds is 4. The molecule has 12 heteroatoms. The third-order valence-electron chi connectivity index (χ3n) is 4.37. The molecule has 0 unspecified atom stereocenters. The normalized spacial score (nSPS) is 11.1. The molecule has 0 aliphatic rings. The van der Waals surface area contributed by atoms with Crippen molar-refractivity contribution in [1.29, 1.82) is 0 Å². The molecule has 0 aliphatic heterocycles. The van der Waals surface area contributed by atoms with Crippen molar-refractivity contribution in [3.63, 3.8) is 0 Å². The van der Waals surface area contributed by atoms with Gasteiger partial charge in [-0.3, -0.25) is 25.2 Å². The van der Waals surface area contributed by atoms with E-state index in [0.29, 0.717) is 11.6 Å². The summed E-state index contributed by atoms with van der Waals surface area (Å²) in [5.41, 5.74) is 3.09. The fourth-order valence-corrected chi connectivity index (χ4v) is 3.20.